The summed E-state index contributed by atoms with van der Waals surface area (Å²) in [5.74, 6) is 0.468. The van der Waals surface area contributed by atoms with Crippen LogP contribution in [-0.4, -0.2) is 35.5 Å². The molecule has 2 aliphatic heterocycles. The van der Waals surface area contributed by atoms with Crippen LogP contribution in [0.4, 0.5) is 0 Å². The zero-order valence-electron chi connectivity index (χ0n) is 13.9. The van der Waals surface area contributed by atoms with Crippen LogP contribution in [0.15, 0.2) is 0 Å². The number of rotatable bonds is 4. The second-order valence-corrected chi connectivity index (χ2v) is 7.88. The highest BCUT2D eigenvalue weighted by Gasteiger charge is 2.42. The first-order valence-electron chi connectivity index (χ1n) is 9.19. The van der Waals surface area contributed by atoms with Crippen LogP contribution in [-0.2, 0) is 4.79 Å². The highest BCUT2D eigenvalue weighted by atomic mass is 16.2. The molecular weight excluding hydrogens is 260 g/mol. The first kappa shape index (κ1) is 15.3. The van der Waals surface area contributed by atoms with Gasteiger partial charge in [-0.3, -0.25) is 4.79 Å². The molecule has 2 atom stereocenters. The maximum absolute atomic E-state index is 13.2. The molecular formula is C18H32N2O. The highest BCUT2D eigenvalue weighted by molar-refractivity contribution is 5.82. The maximum Gasteiger partial charge on any atom is 0.228 e. The summed E-state index contributed by atoms with van der Waals surface area (Å²) in [5.41, 5.74) is -0.0721. The van der Waals surface area contributed by atoms with E-state index in [9.17, 15) is 4.79 Å². The van der Waals surface area contributed by atoms with Crippen molar-refractivity contribution in [1.29, 1.82) is 0 Å². The Labute approximate surface area is 129 Å². The van der Waals surface area contributed by atoms with Gasteiger partial charge in [0.15, 0.2) is 0 Å². The van der Waals surface area contributed by atoms with Crippen molar-refractivity contribution in [3.63, 3.8) is 0 Å². The molecule has 3 heteroatoms. The smallest absolute Gasteiger partial charge is 0.228 e. The van der Waals surface area contributed by atoms with E-state index in [1.165, 1.54) is 44.9 Å². The van der Waals surface area contributed by atoms with Gasteiger partial charge in [0, 0.05) is 30.1 Å². The number of nitrogens with one attached hydrogen (secondary N) is 1. The zero-order chi connectivity index (χ0) is 14.9. The molecule has 2 bridgehead atoms. The number of nitrogens with zero attached hydrogens (tertiary/aromatic N) is 1. The van der Waals surface area contributed by atoms with E-state index in [4.69, 9.17) is 0 Å². The third kappa shape index (κ3) is 3.13. The van der Waals surface area contributed by atoms with Crippen LogP contribution in [0, 0.1) is 5.41 Å². The molecule has 2 heterocycles. The second-order valence-electron chi connectivity index (χ2n) is 7.88. The van der Waals surface area contributed by atoms with Gasteiger partial charge in [0.2, 0.25) is 5.91 Å². The molecule has 1 N–H and O–H groups in total. The van der Waals surface area contributed by atoms with Gasteiger partial charge in [0.25, 0.3) is 0 Å². The summed E-state index contributed by atoms with van der Waals surface area (Å²) in [5, 5.41) is 3.71. The normalized spacial score (nSPS) is 34.7. The van der Waals surface area contributed by atoms with Gasteiger partial charge in [-0.1, -0.05) is 33.1 Å². The topological polar surface area (TPSA) is 32.3 Å². The summed E-state index contributed by atoms with van der Waals surface area (Å²) in [6.45, 7) is 5.39. The Bertz CT molecular complexity index is 363. The molecule has 2 unspecified atom stereocenters. The van der Waals surface area contributed by atoms with Crippen molar-refractivity contribution < 1.29 is 4.79 Å². The lowest BCUT2D eigenvalue weighted by Crippen LogP contribution is -2.54. The predicted molar refractivity (Wildman–Crippen MR) is 86.2 cm³/mol. The summed E-state index contributed by atoms with van der Waals surface area (Å²) < 4.78 is 0. The number of fused-ring (bicyclic) bond motifs is 2. The molecule has 0 aromatic carbocycles. The van der Waals surface area contributed by atoms with E-state index in [-0.39, 0.29) is 5.41 Å². The molecule has 2 saturated heterocycles. The first-order chi connectivity index (χ1) is 10.1. The van der Waals surface area contributed by atoms with Gasteiger partial charge in [-0.15, -0.1) is 0 Å². The average Bonchev–Trinajstić information content (AvgIpc) is 2.83. The third-order valence-corrected chi connectivity index (χ3v) is 6.09. The molecule has 3 aliphatic rings. The summed E-state index contributed by atoms with van der Waals surface area (Å²) >= 11 is 0. The number of carbonyl (C=O) groups is 1. The molecule has 1 amide bonds. The lowest BCUT2D eigenvalue weighted by Gasteiger charge is -2.43. The Kier molecular flexibility index (Phi) is 4.58. The fourth-order valence-electron chi connectivity index (χ4n) is 4.87. The zero-order valence-corrected chi connectivity index (χ0v) is 13.9. The van der Waals surface area contributed by atoms with E-state index in [2.05, 4.69) is 24.1 Å². The molecule has 0 aromatic rings. The first-order valence-corrected chi connectivity index (χ1v) is 9.19. The molecule has 0 aromatic heterocycles. The predicted octanol–water partition coefficient (Wildman–Crippen LogP) is 3.48. The molecule has 3 rings (SSSR count). The Morgan fingerprint density at radius 1 is 1.14 bits per heavy atom. The minimum absolute atomic E-state index is 0.0721. The number of piperidine rings is 1. The van der Waals surface area contributed by atoms with Gasteiger partial charge in [0.05, 0.1) is 0 Å². The van der Waals surface area contributed by atoms with Crippen molar-refractivity contribution in [2.24, 2.45) is 5.41 Å². The fraction of sp³-hybridized carbons (Fsp3) is 0.944. The highest BCUT2D eigenvalue weighted by Crippen LogP contribution is 2.39. The minimum atomic E-state index is -0.0721. The van der Waals surface area contributed by atoms with Crippen LogP contribution >= 0.6 is 0 Å². The van der Waals surface area contributed by atoms with Crippen LogP contribution in [0.2, 0.25) is 0 Å². The summed E-state index contributed by atoms with van der Waals surface area (Å²) in [6.07, 6.45) is 12.1. The number of hydrogen-bond acceptors (Lipinski definition) is 2. The van der Waals surface area contributed by atoms with Gasteiger partial charge < -0.3 is 10.2 Å². The molecule has 3 nitrogen and oxygen atoms in total. The van der Waals surface area contributed by atoms with Gasteiger partial charge >= 0.3 is 0 Å². The van der Waals surface area contributed by atoms with E-state index >= 15 is 0 Å². The van der Waals surface area contributed by atoms with Gasteiger partial charge in [-0.25, -0.2) is 0 Å². The molecule has 3 fully saturated rings. The summed E-state index contributed by atoms with van der Waals surface area (Å²) in [7, 11) is 0. The molecule has 0 spiro atoms. The SMILES string of the molecule is CCCN(C(=O)C1(C)CCCCC1)C1CC2CCC(C1)N2. The van der Waals surface area contributed by atoms with Gasteiger partial charge in [0.1, 0.15) is 0 Å². The van der Waals surface area contributed by atoms with Crippen molar-refractivity contribution in [2.75, 3.05) is 6.54 Å². The van der Waals surface area contributed by atoms with E-state index in [1.807, 2.05) is 0 Å². The third-order valence-electron chi connectivity index (χ3n) is 6.09. The molecule has 0 radical (unpaired) electrons. The Hall–Kier alpha value is -0.570. The molecule has 21 heavy (non-hydrogen) atoms. The van der Waals surface area contributed by atoms with Crippen molar-refractivity contribution in [3.8, 4) is 0 Å². The minimum Gasteiger partial charge on any atom is -0.339 e. The summed E-state index contributed by atoms with van der Waals surface area (Å²) in [6, 6.07) is 1.83. The monoisotopic (exact) mass is 292 g/mol. The number of hydrogen-bond donors (Lipinski definition) is 1. The Balaban J connectivity index is 1.72. The van der Waals surface area contributed by atoms with Crippen LogP contribution in [0.5, 0.6) is 0 Å². The van der Waals surface area contributed by atoms with E-state index in [0.717, 1.165) is 25.8 Å². The second kappa shape index (κ2) is 6.28. The van der Waals surface area contributed by atoms with E-state index < -0.39 is 0 Å². The lowest BCUT2D eigenvalue weighted by molar-refractivity contribution is -0.146. The van der Waals surface area contributed by atoms with E-state index in [0.29, 0.717) is 24.0 Å². The lowest BCUT2D eigenvalue weighted by atomic mass is 9.74. The van der Waals surface area contributed by atoms with Crippen molar-refractivity contribution in [2.45, 2.75) is 96.2 Å². The van der Waals surface area contributed by atoms with Gasteiger partial charge in [-0.05, 0) is 44.9 Å². The molecule has 1 aliphatic carbocycles. The van der Waals surface area contributed by atoms with Crippen molar-refractivity contribution >= 4 is 5.91 Å². The Morgan fingerprint density at radius 2 is 1.76 bits per heavy atom. The van der Waals surface area contributed by atoms with Crippen LogP contribution < -0.4 is 5.32 Å². The van der Waals surface area contributed by atoms with Crippen LogP contribution in [0.25, 0.3) is 0 Å². The van der Waals surface area contributed by atoms with Crippen LogP contribution in [0.3, 0.4) is 0 Å². The number of carbonyl (C=O) groups excluding carboxylic acids is 1. The van der Waals surface area contributed by atoms with Gasteiger partial charge in [-0.2, -0.15) is 0 Å². The molecule has 1 saturated carbocycles. The van der Waals surface area contributed by atoms with Crippen LogP contribution in [0.1, 0.15) is 78.1 Å². The maximum atomic E-state index is 13.2. The van der Waals surface area contributed by atoms with E-state index in [1.54, 1.807) is 0 Å². The largest absolute Gasteiger partial charge is 0.339 e. The standard InChI is InChI=1S/C18H32N2O/c1-3-11-20(16-12-14-7-8-15(13-16)19-14)17(21)18(2)9-5-4-6-10-18/h14-16,19H,3-13H2,1-2H3. The fourth-order valence-corrected chi connectivity index (χ4v) is 4.87. The van der Waals surface area contributed by atoms with Crippen molar-refractivity contribution in [3.05, 3.63) is 0 Å². The Morgan fingerprint density at radius 3 is 2.33 bits per heavy atom. The van der Waals surface area contributed by atoms with Crippen molar-refractivity contribution in [1.82, 2.24) is 10.2 Å². The summed E-state index contributed by atoms with van der Waals surface area (Å²) in [4.78, 5) is 15.5. The average molecular weight is 292 g/mol. The molecule has 120 valence electrons. The number of amides is 1. The quantitative estimate of drug-likeness (QED) is 0.860.